The molecule has 1 amide bonds. The summed E-state index contributed by atoms with van der Waals surface area (Å²) in [5.74, 6) is -0.410. The van der Waals surface area contributed by atoms with Crippen LogP contribution in [0.5, 0.6) is 0 Å². The largest absolute Gasteiger partial charge is 0.445 e. The lowest BCUT2D eigenvalue weighted by molar-refractivity contribution is -0.138. The van der Waals surface area contributed by atoms with Crippen LogP contribution in [0.3, 0.4) is 0 Å². The SMILES string of the molecule is Cc1nn(C)c(C)c1CCC(=O)Nc1nnc(C(F)(F)F)s1. The van der Waals surface area contributed by atoms with Crippen molar-refractivity contribution in [3.63, 3.8) is 0 Å². The normalized spacial score (nSPS) is 11.7. The van der Waals surface area contributed by atoms with E-state index in [1.807, 2.05) is 20.9 Å². The molecule has 0 aliphatic carbocycles. The zero-order valence-electron chi connectivity index (χ0n) is 12.2. The first-order valence-corrected chi connectivity index (χ1v) is 7.19. The summed E-state index contributed by atoms with van der Waals surface area (Å²) in [4.78, 5) is 11.8. The van der Waals surface area contributed by atoms with E-state index in [0.717, 1.165) is 17.0 Å². The Morgan fingerprint density at radius 3 is 2.50 bits per heavy atom. The molecular formula is C12H14F3N5OS. The van der Waals surface area contributed by atoms with Crippen molar-refractivity contribution >= 4 is 22.4 Å². The molecule has 0 spiro atoms. The van der Waals surface area contributed by atoms with E-state index >= 15 is 0 Å². The predicted octanol–water partition coefficient (Wildman–Crippen LogP) is 2.48. The third-order valence-electron chi connectivity index (χ3n) is 3.17. The van der Waals surface area contributed by atoms with Crippen molar-refractivity contribution < 1.29 is 18.0 Å². The Morgan fingerprint density at radius 2 is 2.00 bits per heavy atom. The highest BCUT2D eigenvalue weighted by Crippen LogP contribution is 2.33. The summed E-state index contributed by atoms with van der Waals surface area (Å²) in [5.41, 5.74) is 2.76. The molecule has 2 aromatic rings. The van der Waals surface area contributed by atoms with Crippen LogP contribution in [-0.2, 0) is 24.4 Å². The highest BCUT2D eigenvalue weighted by molar-refractivity contribution is 7.15. The molecule has 0 bridgehead atoms. The minimum atomic E-state index is -4.55. The molecule has 2 rings (SSSR count). The summed E-state index contributed by atoms with van der Waals surface area (Å²) in [7, 11) is 1.81. The maximum absolute atomic E-state index is 12.4. The van der Waals surface area contributed by atoms with E-state index < -0.39 is 17.1 Å². The number of alkyl halides is 3. The molecule has 6 nitrogen and oxygen atoms in total. The number of hydrogen-bond acceptors (Lipinski definition) is 5. The van der Waals surface area contributed by atoms with Gasteiger partial charge in [0.2, 0.25) is 16.0 Å². The van der Waals surface area contributed by atoms with Crippen molar-refractivity contribution in [3.8, 4) is 0 Å². The maximum Gasteiger partial charge on any atom is 0.445 e. The molecular weight excluding hydrogens is 319 g/mol. The zero-order chi connectivity index (χ0) is 16.5. The smallest absolute Gasteiger partial charge is 0.301 e. The van der Waals surface area contributed by atoms with Gasteiger partial charge in [-0.15, -0.1) is 10.2 Å². The molecule has 22 heavy (non-hydrogen) atoms. The molecule has 0 unspecified atom stereocenters. The summed E-state index contributed by atoms with van der Waals surface area (Å²) in [6.07, 6.45) is -3.96. The van der Waals surface area contributed by atoms with Crippen LogP contribution in [0.2, 0.25) is 0 Å². The Balaban J connectivity index is 1.95. The number of carbonyl (C=O) groups is 1. The number of amides is 1. The number of aromatic nitrogens is 4. The highest BCUT2D eigenvalue weighted by Gasteiger charge is 2.35. The van der Waals surface area contributed by atoms with Gasteiger partial charge in [-0.1, -0.05) is 11.3 Å². The van der Waals surface area contributed by atoms with Crippen molar-refractivity contribution in [2.24, 2.45) is 7.05 Å². The second-order valence-corrected chi connectivity index (χ2v) is 5.71. The Bertz CT molecular complexity index is 691. The fraction of sp³-hybridized carbons (Fsp3) is 0.500. The number of rotatable bonds is 4. The average molecular weight is 333 g/mol. The topological polar surface area (TPSA) is 72.7 Å². The lowest BCUT2D eigenvalue weighted by atomic mass is 10.1. The molecule has 0 aliphatic rings. The Labute approximate surface area is 128 Å². The number of nitrogens with one attached hydrogen (secondary N) is 1. The van der Waals surface area contributed by atoms with Crippen LogP contribution in [0.1, 0.15) is 28.4 Å². The third-order valence-corrected chi connectivity index (χ3v) is 4.06. The average Bonchev–Trinajstić information content (AvgIpc) is 2.94. The Kier molecular flexibility index (Phi) is 4.50. The molecule has 0 atom stereocenters. The van der Waals surface area contributed by atoms with E-state index in [9.17, 15) is 18.0 Å². The molecule has 0 fully saturated rings. The van der Waals surface area contributed by atoms with E-state index in [1.54, 1.807) is 4.68 Å². The van der Waals surface area contributed by atoms with Crippen LogP contribution in [0.15, 0.2) is 0 Å². The number of halogens is 3. The third kappa shape index (κ3) is 3.62. The highest BCUT2D eigenvalue weighted by atomic mass is 32.1. The second-order valence-electron chi connectivity index (χ2n) is 4.73. The van der Waals surface area contributed by atoms with Crippen molar-refractivity contribution in [3.05, 3.63) is 22.0 Å². The van der Waals surface area contributed by atoms with Gasteiger partial charge in [-0.2, -0.15) is 18.3 Å². The van der Waals surface area contributed by atoms with Gasteiger partial charge in [0.15, 0.2) is 0 Å². The van der Waals surface area contributed by atoms with Crippen LogP contribution in [0.4, 0.5) is 18.3 Å². The monoisotopic (exact) mass is 333 g/mol. The van der Waals surface area contributed by atoms with Gasteiger partial charge in [0.25, 0.3) is 0 Å². The van der Waals surface area contributed by atoms with Gasteiger partial charge in [-0.25, -0.2) is 0 Å². The fourth-order valence-electron chi connectivity index (χ4n) is 1.99. The molecule has 10 heteroatoms. The summed E-state index contributed by atoms with van der Waals surface area (Å²) in [5, 5.41) is 11.7. The first kappa shape index (κ1) is 16.4. The van der Waals surface area contributed by atoms with Gasteiger partial charge in [-0.3, -0.25) is 9.48 Å². The number of hydrogen-bond donors (Lipinski definition) is 1. The Hall–Kier alpha value is -1.97. The van der Waals surface area contributed by atoms with Gasteiger partial charge >= 0.3 is 6.18 Å². The zero-order valence-corrected chi connectivity index (χ0v) is 13.0. The van der Waals surface area contributed by atoms with E-state index in [-0.39, 0.29) is 11.6 Å². The van der Waals surface area contributed by atoms with Crippen LogP contribution < -0.4 is 5.32 Å². The van der Waals surface area contributed by atoms with Gasteiger partial charge < -0.3 is 5.32 Å². The van der Waals surface area contributed by atoms with Crippen molar-refractivity contribution in [1.82, 2.24) is 20.0 Å². The number of nitrogens with zero attached hydrogens (tertiary/aromatic N) is 4. The summed E-state index contributed by atoms with van der Waals surface area (Å²) >= 11 is 0.305. The number of anilines is 1. The quantitative estimate of drug-likeness (QED) is 0.933. The first-order valence-electron chi connectivity index (χ1n) is 6.38. The second kappa shape index (κ2) is 6.03. The first-order chi connectivity index (χ1) is 10.2. The molecule has 0 radical (unpaired) electrons. The minimum Gasteiger partial charge on any atom is -0.301 e. The van der Waals surface area contributed by atoms with Crippen LogP contribution in [-0.4, -0.2) is 25.9 Å². The van der Waals surface area contributed by atoms with E-state index in [1.165, 1.54) is 0 Å². The molecule has 0 aliphatic heterocycles. The van der Waals surface area contributed by atoms with Gasteiger partial charge in [0.1, 0.15) is 0 Å². The number of carbonyl (C=O) groups excluding carboxylic acids is 1. The molecule has 0 saturated carbocycles. The van der Waals surface area contributed by atoms with E-state index in [4.69, 9.17) is 0 Å². The Morgan fingerprint density at radius 1 is 1.32 bits per heavy atom. The van der Waals surface area contributed by atoms with Crippen molar-refractivity contribution in [1.29, 1.82) is 0 Å². The predicted molar refractivity (Wildman–Crippen MR) is 74.5 cm³/mol. The molecule has 0 aromatic carbocycles. The maximum atomic E-state index is 12.4. The minimum absolute atomic E-state index is 0.133. The fourth-order valence-corrected chi connectivity index (χ4v) is 2.61. The molecule has 120 valence electrons. The molecule has 2 aromatic heterocycles. The van der Waals surface area contributed by atoms with E-state index in [0.29, 0.717) is 17.8 Å². The van der Waals surface area contributed by atoms with Crippen molar-refractivity contribution in [2.45, 2.75) is 32.9 Å². The van der Waals surface area contributed by atoms with Gasteiger partial charge in [0, 0.05) is 19.2 Å². The summed E-state index contributed by atoms with van der Waals surface area (Å²) < 4.78 is 38.9. The van der Waals surface area contributed by atoms with Gasteiger partial charge in [-0.05, 0) is 25.8 Å². The molecule has 1 N–H and O–H groups in total. The van der Waals surface area contributed by atoms with Crippen LogP contribution in [0.25, 0.3) is 0 Å². The van der Waals surface area contributed by atoms with Crippen LogP contribution in [0, 0.1) is 13.8 Å². The standard InChI is InChI=1S/C12H14F3N5OS/c1-6-8(7(2)20(3)19-6)4-5-9(21)16-11-18-17-10(22-11)12(13,14)15/h4-5H2,1-3H3,(H,16,18,21). The van der Waals surface area contributed by atoms with Crippen LogP contribution >= 0.6 is 11.3 Å². The molecule has 0 saturated heterocycles. The lowest BCUT2D eigenvalue weighted by Crippen LogP contribution is -2.12. The molecule has 2 heterocycles. The number of aryl methyl sites for hydroxylation is 2. The lowest BCUT2D eigenvalue weighted by Gasteiger charge is -2.02. The van der Waals surface area contributed by atoms with E-state index in [2.05, 4.69) is 20.6 Å². The summed E-state index contributed by atoms with van der Waals surface area (Å²) in [6.45, 7) is 3.74. The van der Waals surface area contributed by atoms with Crippen molar-refractivity contribution in [2.75, 3.05) is 5.32 Å². The van der Waals surface area contributed by atoms with Gasteiger partial charge in [0.05, 0.1) is 5.69 Å². The summed E-state index contributed by atoms with van der Waals surface area (Å²) in [6, 6.07) is 0.